The number of hydrogen-bond donors (Lipinski definition) is 4. The number of nitrogens with one attached hydrogen (secondary N) is 4. The van der Waals surface area contributed by atoms with E-state index in [1.807, 2.05) is 13.0 Å². The molecule has 5 heterocycles. The van der Waals surface area contributed by atoms with Crippen LogP contribution < -0.4 is 10.6 Å². The first-order chi connectivity index (χ1) is 14.6. The molecule has 30 heavy (non-hydrogen) atoms. The predicted octanol–water partition coefficient (Wildman–Crippen LogP) is 3.19. The fourth-order valence-electron chi connectivity index (χ4n) is 4.87. The summed E-state index contributed by atoms with van der Waals surface area (Å²) in [5, 5.41) is 22.8. The van der Waals surface area contributed by atoms with Gasteiger partial charge < -0.3 is 15.6 Å². The molecule has 3 atom stereocenters. The molecule has 0 spiro atoms. The third-order valence-electron chi connectivity index (χ3n) is 6.14. The highest BCUT2D eigenvalue weighted by Crippen LogP contribution is 2.37. The molecule has 1 unspecified atom stereocenters. The van der Waals surface area contributed by atoms with Gasteiger partial charge in [-0.05, 0) is 32.6 Å². The van der Waals surface area contributed by atoms with Gasteiger partial charge in [0.1, 0.15) is 11.5 Å². The van der Waals surface area contributed by atoms with Crippen molar-refractivity contribution in [3.63, 3.8) is 0 Å². The second-order valence-electron chi connectivity index (χ2n) is 8.16. The van der Waals surface area contributed by atoms with E-state index in [9.17, 15) is 4.39 Å². The first-order valence-electron chi connectivity index (χ1n) is 10.3. The predicted molar refractivity (Wildman–Crippen MR) is 111 cm³/mol. The molecular weight excluding hydrogens is 385 g/mol. The molecule has 0 radical (unpaired) electrons. The summed E-state index contributed by atoms with van der Waals surface area (Å²) >= 11 is 0. The van der Waals surface area contributed by atoms with Crippen molar-refractivity contribution in [2.45, 2.75) is 57.2 Å². The van der Waals surface area contributed by atoms with Gasteiger partial charge in [-0.25, -0.2) is 4.39 Å². The number of rotatable bonds is 6. The summed E-state index contributed by atoms with van der Waals surface area (Å²) in [5.41, 5.74) is 1.34. The van der Waals surface area contributed by atoms with Crippen molar-refractivity contribution in [3.8, 4) is 6.07 Å². The van der Waals surface area contributed by atoms with Crippen LogP contribution in [0.2, 0.25) is 0 Å². The van der Waals surface area contributed by atoms with E-state index >= 15 is 0 Å². The average Bonchev–Trinajstić information content (AvgIpc) is 3.36. The van der Waals surface area contributed by atoms with Gasteiger partial charge >= 0.3 is 0 Å². The van der Waals surface area contributed by atoms with Crippen LogP contribution in [0.3, 0.4) is 0 Å². The summed E-state index contributed by atoms with van der Waals surface area (Å²) < 4.78 is 14.3. The zero-order valence-electron chi connectivity index (χ0n) is 16.7. The smallest absolute Gasteiger partial charge is 0.226 e. The van der Waals surface area contributed by atoms with E-state index in [-0.39, 0.29) is 6.04 Å². The third-order valence-corrected chi connectivity index (χ3v) is 6.14. The number of aryl methyl sites for hydroxylation is 1. The molecule has 2 fully saturated rings. The van der Waals surface area contributed by atoms with Crippen LogP contribution in [0.25, 0.3) is 11.0 Å². The number of aromatic amines is 2. The highest BCUT2D eigenvalue weighted by molar-refractivity contribution is 5.90. The zero-order valence-corrected chi connectivity index (χ0v) is 16.7. The van der Waals surface area contributed by atoms with Crippen LogP contribution in [-0.2, 0) is 0 Å². The first kappa shape index (κ1) is 18.8. The lowest BCUT2D eigenvalue weighted by molar-refractivity contribution is 0.135. The van der Waals surface area contributed by atoms with Crippen LogP contribution in [0.5, 0.6) is 0 Å². The van der Waals surface area contributed by atoms with Gasteiger partial charge in [-0.3, -0.25) is 10.00 Å². The summed E-state index contributed by atoms with van der Waals surface area (Å²) in [6, 6.07) is 5.32. The minimum Gasteiger partial charge on any atom is -0.351 e. The average molecular weight is 409 g/mol. The van der Waals surface area contributed by atoms with Crippen molar-refractivity contribution >= 4 is 28.6 Å². The summed E-state index contributed by atoms with van der Waals surface area (Å²) in [5.74, 6) is 1.01. The van der Waals surface area contributed by atoms with Gasteiger partial charge in [0, 0.05) is 49.0 Å². The number of aromatic nitrogens is 5. The van der Waals surface area contributed by atoms with E-state index in [4.69, 9.17) is 5.26 Å². The topological polar surface area (TPSA) is 121 Å². The second kappa shape index (κ2) is 7.57. The highest BCUT2D eigenvalue weighted by atomic mass is 19.1. The number of fused-ring (bicyclic) bond motifs is 3. The molecule has 0 aliphatic carbocycles. The Labute approximate surface area is 173 Å². The molecule has 5 rings (SSSR count). The molecule has 2 aliphatic heterocycles. The van der Waals surface area contributed by atoms with E-state index in [1.54, 1.807) is 0 Å². The number of anilines is 3. The van der Waals surface area contributed by atoms with Crippen molar-refractivity contribution < 1.29 is 4.39 Å². The quantitative estimate of drug-likeness (QED) is 0.493. The van der Waals surface area contributed by atoms with Crippen LogP contribution in [0.15, 0.2) is 12.3 Å². The molecule has 0 saturated carbocycles. The second-order valence-corrected chi connectivity index (χ2v) is 8.16. The van der Waals surface area contributed by atoms with Crippen LogP contribution in [0, 0.1) is 24.1 Å². The molecule has 156 valence electrons. The number of nitriles is 1. The van der Waals surface area contributed by atoms with Gasteiger partial charge in [0.15, 0.2) is 11.6 Å². The largest absolute Gasteiger partial charge is 0.351 e. The summed E-state index contributed by atoms with van der Waals surface area (Å²) in [6.45, 7) is 2.74. The van der Waals surface area contributed by atoms with Crippen LogP contribution in [0.4, 0.5) is 22.0 Å². The number of H-pyrrole nitrogens is 2. The van der Waals surface area contributed by atoms with E-state index in [1.165, 1.54) is 19.0 Å². The van der Waals surface area contributed by atoms with Crippen molar-refractivity contribution in [2.75, 3.05) is 17.2 Å². The number of hydrogen-bond acceptors (Lipinski definition) is 7. The Bertz CT molecular complexity index is 1080. The fraction of sp³-hybridized carbons (Fsp3) is 0.500. The highest BCUT2D eigenvalue weighted by Gasteiger charge is 2.40. The maximum atomic E-state index is 14.3. The number of halogens is 1. The monoisotopic (exact) mass is 409 g/mol. The van der Waals surface area contributed by atoms with Crippen molar-refractivity contribution in [1.29, 1.82) is 5.26 Å². The minimum atomic E-state index is -0.407. The molecule has 2 aliphatic rings. The maximum absolute atomic E-state index is 14.3. The molecule has 0 aromatic carbocycles. The zero-order chi connectivity index (χ0) is 20.7. The normalized spacial score (nSPS) is 23.6. The van der Waals surface area contributed by atoms with Crippen LogP contribution >= 0.6 is 0 Å². The molecule has 2 saturated heterocycles. The van der Waals surface area contributed by atoms with Gasteiger partial charge in [0.2, 0.25) is 5.95 Å². The van der Waals surface area contributed by atoms with Crippen LogP contribution in [-0.4, -0.2) is 54.7 Å². The lowest BCUT2D eigenvalue weighted by Gasteiger charge is -2.38. The Kier molecular flexibility index (Phi) is 4.75. The van der Waals surface area contributed by atoms with Crippen LogP contribution in [0.1, 0.15) is 37.8 Å². The Morgan fingerprint density at radius 2 is 2.10 bits per heavy atom. The Morgan fingerprint density at radius 1 is 1.30 bits per heavy atom. The Balaban J connectivity index is 1.37. The standard InChI is InChI=1S/C20H24FN9/c1-11-7-16(29-28-11)25-19-17-15(21)10-23-18(17)26-20(27-19)24-12-8-13-3-4-14(9-12)30(13)6-2-5-22/h7,10,12-14H,2-4,6,8-9H2,1H3,(H4,23,24,25,26,27,28,29)/t12-,13-,14?/m0/s1. The molecule has 9 nitrogen and oxygen atoms in total. The molecule has 2 bridgehead atoms. The van der Waals surface area contributed by atoms with Gasteiger partial charge in [-0.15, -0.1) is 0 Å². The Hall–Kier alpha value is -3.19. The summed E-state index contributed by atoms with van der Waals surface area (Å²) in [6.07, 6.45) is 6.18. The lowest BCUT2D eigenvalue weighted by Crippen LogP contribution is -2.47. The van der Waals surface area contributed by atoms with E-state index in [2.05, 4.69) is 46.8 Å². The molecule has 3 aromatic rings. The molecule has 0 amide bonds. The molecule has 4 N–H and O–H groups in total. The van der Waals surface area contributed by atoms with Crippen molar-refractivity contribution in [2.24, 2.45) is 0 Å². The maximum Gasteiger partial charge on any atom is 0.226 e. The van der Waals surface area contributed by atoms with Gasteiger partial charge in [0.05, 0.1) is 11.5 Å². The third kappa shape index (κ3) is 3.45. The van der Waals surface area contributed by atoms with E-state index in [0.717, 1.165) is 25.1 Å². The SMILES string of the molecule is Cc1cc(Nc2nc(N[C@@H]3CC4CC[C@@H](C3)N4CCC#N)nc3[nH]cc(F)c23)n[nH]1. The summed E-state index contributed by atoms with van der Waals surface area (Å²) in [4.78, 5) is 14.4. The lowest BCUT2D eigenvalue weighted by atomic mass is 9.97. The first-order valence-corrected chi connectivity index (χ1v) is 10.3. The molecule has 3 aromatic heterocycles. The fourth-order valence-corrected chi connectivity index (χ4v) is 4.87. The van der Waals surface area contributed by atoms with Gasteiger partial charge in [-0.2, -0.15) is 20.3 Å². The minimum absolute atomic E-state index is 0.249. The number of piperidine rings is 1. The van der Waals surface area contributed by atoms with Gasteiger partial charge in [-0.1, -0.05) is 0 Å². The van der Waals surface area contributed by atoms with Crippen molar-refractivity contribution in [1.82, 2.24) is 30.0 Å². The van der Waals surface area contributed by atoms with Crippen molar-refractivity contribution in [3.05, 3.63) is 23.8 Å². The van der Waals surface area contributed by atoms with E-state index < -0.39 is 5.82 Å². The summed E-state index contributed by atoms with van der Waals surface area (Å²) in [7, 11) is 0. The molecular formula is C20H24FN9. The number of nitrogens with zero attached hydrogens (tertiary/aromatic N) is 5. The molecule has 10 heteroatoms. The van der Waals surface area contributed by atoms with E-state index in [0.29, 0.717) is 47.1 Å². The Morgan fingerprint density at radius 3 is 2.80 bits per heavy atom. The van der Waals surface area contributed by atoms with Gasteiger partial charge in [0.25, 0.3) is 0 Å².